The van der Waals surface area contributed by atoms with Crippen LogP contribution in [0.25, 0.3) is 0 Å². The van der Waals surface area contributed by atoms with E-state index in [4.69, 9.17) is 4.42 Å². The molecule has 2 amide bonds. The van der Waals surface area contributed by atoms with Gasteiger partial charge in [0.1, 0.15) is 29.3 Å². The van der Waals surface area contributed by atoms with E-state index >= 15 is 0 Å². The number of tetrazole rings is 1. The highest BCUT2D eigenvalue weighted by Crippen LogP contribution is 2.58. The number of carbonyl (C=O) groups excluding carboxylic acids is 2. The number of rotatable bonds is 3. The Morgan fingerprint density at radius 3 is 2.64 bits per heavy atom. The molecular weight excluding hydrogens is 382 g/mol. The van der Waals surface area contributed by atoms with E-state index in [1.165, 1.54) is 0 Å². The van der Waals surface area contributed by atoms with Crippen molar-refractivity contribution < 1.29 is 14.0 Å². The molecule has 2 aromatic rings. The van der Waals surface area contributed by atoms with E-state index in [1.54, 1.807) is 40.0 Å². The highest BCUT2D eigenvalue weighted by atomic mass is 32.2. The predicted molar refractivity (Wildman–Crippen MR) is 98.5 cm³/mol. The predicted octanol–water partition coefficient (Wildman–Crippen LogP) is 0.805. The van der Waals surface area contributed by atoms with Crippen LogP contribution >= 0.6 is 11.8 Å². The number of carbonyl (C=O) groups is 2. The molecule has 5 heterocycles. The van der Waals surface area contributed by atoms with Gasteiger partial charge in [0.05, 0.1) is 11.9 Å². The van der Waals surface area contributed by atoms with Crippen molar-refractivity contribution in [2.45, 2.75) is 61.6 Å². The molecule has 148 valence electrons. The second kappa shape index (κ2) is 5.57. The van der Waals surface area contributed by atoms with Crippen molar-refractivity contribution in [3.05, 3.63) is 30.0 Å². The lowest BCUT2D eigenvalue weighted by Gasteiger charge is -2.50. The van der Waals surface area contributed by atoms with E-state index in [1.807, 2.05) is 13.8 Å². The highest BCUT2D eigenvalue weighted by Gasteiger charge is 2.67. The quantitative estimate of drug-likeness (QED) is 0.722. The number of nitrogens with zero attached hydrogens (tertiary/aromatic N) is 5. The molecule has 5 rings (SSSR count). The first-order chi connectivity index (χ1) is 13.2. The largest absolute Gasteiger partial charge is 0.467 e. The van der Waals surface area contributed by atoms with Crippen LogP contribution in [-0.4, -0.2) is 64.1 Å². The minimum Gasteiger partial charge on any atom is -0.467 e. The summed E-state index contributed by atoms with van der Waals surface area (Å²) in [5.74, 6) is 0.869. The third-order valence-corrected chi connectivity index (χ3v) is 7.28. The molecule has 3 saturated heterocycles. The summed E-state index contributed by atoms with van der Waals surface area (Å²) in [5, 5.41) is 17.3. The molecule has 28 heavy (non-hydrogen) atoms. The Balaban J connectivity index is 1.47. The lowest BCUT2D eigenvalue weighted by Crippen LogP contribution is -2.71. The number of fused-ring (bicyclic) bond motifs is 1. The van der Waals surface area contributed by atoms with Crippen molar-refractivity contribution in [3.8, 4) is 0 Å². The van der Waals surface area contributed by atoms with Gasteiger partial charge < -0.3 is 14.2 Å². The van der Waals surface area contributed by atoms with E-state index in [0.717, 1.165) is 0 Å². The lowest BCUT2D eigenvalue weighted by atomic mass is 9.93. The zero-order valence-electron chi connectivity index (χ0n) is 15.9. The van der Waals surface area contributed by atoms with Crippen molar-refractivity contribution in [1.29, 1.82) is 0 Å². The summed E-state index contributed by atoms with van der Waals surface area (Å²) in [6.45, 7) is 7.95. The number of nitrogens with one attached hydrogen (secondary N) is 2. The van der Waals surface area contributed by atoms with Crippen LogP contribution in [0.15, 0.2) is 22.8 Å². The summed E-state index contributed by atoms with van der Waals surface area (Å²) in [6, 6.07) is 2.11. The van der Waals surface area contributed by atoms with Crippen molar-refractivity contribution >= 4 is 23.6 Å². The van der Waals surface area contributed by atoms with Gasteiger partial charge in [-0.05, 0) is 50.3 Å². The molecule has 0 bridgehead atoms. The van der Waals surface area contributed by atoms with E-state index in [-0.39, 0.29) is 28.0 Å². The maximum Gasteiger partial charge on any atom is 0.250 e. The van der Waals surface area contributed by atoms with Crippen molar-refractivity contribution in [1.82, 2.24) is 35.7 Å². The van der Waals surface area contributed by atoms with Gasteiger partial charge in [-0.25, -0.2) is 5.10 Å². The van der Waals surface area contributed by atoms with Crippen LogP contribution in [0.5, 0.6) is 0 Å². The number of thioether (sulfide) groups is 1. The van der Waals surface area contributed by atoms with Gasteiger partial charge in [0.25, 0.3) is 0 Å². The summed E-state index contributed by atoms with van der Waals surface area (Å²) in [4.78, 5) is 29.9. The van der Waals surface area contributed by atoms with Crippen LogP contribution in [0.3, 0.4) is 0 Å². The van der Waals surface area contributed by atoms with Crippen molar-refractivity contribution in [2.24, 2.45) is 0 Å². The van der Waals surface area contributed by atoms with E-state index in [0.29, 0.717) is 11.6 Å². The molecule has 2 N–H and O–H groups in total. The van der Waals surface area contributed by atoms with Crippen LogP contribution in [-0.2, 0) is 9.59 Å². The van der Waals surface area contributed by atoms with E-state index < -0.39 is 17.7 Å². The normalized spacial score (nSPS) is 33.3. The zero-order valence-corrected chi connectivity index (χ0v) is 16.7. The zero-order chi connectivity index (χ0) is 19.8. The first-order valence-electron chi connectivity index (χ1n) is 9.10. The summed E-state index contributed by atoms with van der Waals surface area (Å²) in [7, 11) is 0. The van der Waals surface area contributed by atoms with Gasteiger partial charge in [0, 0.05) is 4.75 Å². The molecule has 2 aromatic heterocycles. The molecule has 3 aliphatic rings. The fraction of sp³-hybridized carbons (Fsp3) is 0.588. The molecule has 0 spiro atoms. The Kier molecular flexibility index (Phi) is 3.52. The van der Waals surface area contributed by atoms with Gasteiger partial charge >= 0.3 is 0 Å². The molecule has 0 saturated carbocycles. The van der Waals surface area contributed by atoms with Crippen molar-refractivity contribution in [3.63, 3.8) is 0 Å². The topological polar surface area (TPSA) is 120 Å². The molecular formula is C17H21N7O3S. The number of H-pyrrole nitrogens is 1. The van der Waals surface area contributed by atoms with Gasteiger partial charge in [0.15, 0.2) is 5.82 Å². The van der Waals surface area contributed by atoms with E-state index in [2.05, 4.69) is 39.8 Å². The average Bonchev–Trinajstić information content (AvgIpc) is 3.38. The van der Waals surface area contributed by atoms with E-state index in [9.17, 15) is 9.59 Å². The average molecular weight is 403 g/mol. The summed E-state index contributed by atoms with van der Waals surface area (Å²) in [5.41, 5.74) is -0.683. The highest BCUT2D eigenvalue weighted by molar-refractivity contribution is 8.01. The summed E-state index contributed by atoms with van der Waals surface area (Å²) in [6.07, 6.45) is 1.54. The molecule has 0 aromatic carbocycles. The molecule has 0 radical (unpaired) electrons. The second-order valence-corrected chi connectivity index (χ2v) is 10.1. The number of aromatic amines is 1. The Morgan fingerprint density at radius 2 is 2.00 bits per heavy atom. The maximum absolute atomic E-state index is 13.2. The summed E-state index contributed by atoms with van der Waals surface area (Å²) >= 11 is 1.67. The standard InChI is InChI=1S/C17H21N7O3S/c1-16(2)11(12-19-21-22-20-12)23-14(26)10(15(23)28-16)24-13(25)9(18-17(24,3)4)8-6-5-7-27-8/h5-7,9-11,15,18H,1-4H3,(H,19,20,21,22). The molecule has 3 fully saturated rings. The molecule has 3 aliphatic heterocycles. The number of hydrogen-bond donors (Lipinski definition) is 2. The van der Waals surface area contributed by atoms with Gasteiger partial charge in [-0.1, -0.05) is 0 Å². The SMILES string of the molecule is CC1(C)SC2C(N3C(=O)C(c4ccco4)NC3(C)C)C(=O)N2C1c1nnn[nH]1. The minimum atomic E-state index is -0.683. The first kappa shape index (κ1) is 17.7. The Morgan fingerprint density at radius 1 is 1.21 bits per heavy atom. The number of furan rings is 1. The van der Waals surface area contributed by atoms with Gasteiger partial charge in [-0.15, -0.1) is 16.9 Å². The molecule has 4 atom stereocenters. The number of hydrogen-bond acceptors (Lipinski definition) is 8. The van der Waals surface area contributed by atoms with Crippen molar-refractivity contribution in [2.75, 3.05) is 0 Å². The number of aromatic nitrogens is 4. The Hall–Kier alpha value is -2.40. The van der Waals surface area contributed by atoms with Gasteiger partial charge in [0.2, 0.25) is 11.8 Å². The smallest absolute Gasteiger partial charge is 0.250 e. The van der Waals surface area contributed by atoms with Crippen LogP contribution < -0.4 is 5.32 Å². The van der Waals surface area contributed by atoms with Crippen LogP contribution in [0.4, 0.5) is 0 Å². The van der Waals surface area contributed by atoms with Crippen LogP contribution in [0, 0.1) is 0 Å². The lowest BCUT2D eigenvalue weighted by molar-refractivity contribution is -0.165. The Bertz CT molecular complexity index is 927. The fourth-order valence-electron chi connectivity index (χ4n) is 4.59. The maximum atomic E-state index is 13.2. The Labute approximate surface area is 165 Å². The van der Waals surface area contributed by atoms with Gasteiger partial charge in [-0.3, -0.25) is 14.9 Å². The third kappa shape index (κ3) is 2.23. The molecule has 10 nitrogen and oxygen atoms in total. The molecule has 0 aliphatic carbocycles. The van der Waals surface area contributed by atoms with Gasteiger partial charge in [-0.2, -0.15) is 0 Å². The third-order valence-electron chi connectivity index (χ3n) is 5.72. The van der Waals surface area contributed by atoms with Crippen LogP contribution in [0.2, 0.25) is 0 Å². The fourth-order valence-corrected chi connectivity index (χ4v) is 6.27. The number of amides is 2. The monoisotopic (exact) mass is 403 g/mol. The number of β-lactam (4-membered cyclic amide) rings is 1. The molecule has 11 heteroatoms. The summed E-state index contributed by atoms with van der Waals surface area (Å²) < 4.78 is 5.14. The molecule has 4 unspecified atom stereocenters. The first-order valence-corrected chi connectivity index (χ1v) is 9.98. The second-order valence-electron chi connectivity index (χ2n) is 8.35. The van der Waals surface area contributed by atoms with Crippen LogP contribution in [0.1, 0.15) is 51.4 Å². The minimum absolute atomic E-state index is 0.0900.